The molecule has 0 spiro atoms. The van der Waals surface area contributed by atoms with E-state index in [0.717, 1.165) is 31.4 Å². The summed E-state index contributed by atoms with van der Waals surface area (Å²) >= 11 is 6.84. The minimum atomic E-state index is 0.790. The van der Waals surface area contributed by atoms with Crippen LogP contribution in [0.2, 0.25) is 0 Å². The van der Waals surface area contributed by atoms with Crippen LogP contribution in [0.5, 0.6) is 5.75 Å². The van der Waals surface area contributed by atoms with Gasteiger partial charge in [-0.25, -0.2) is 4.98 Å². The zero-order valence-electron chi connectivity index (χ0n) is 10.1. The largest absolute Gasteiger partial charge is 0.494 e. The second-order valence-corrected chi connectivity index (χ2v) is 7.46. The van der Waals surface area contributed by atoms with E-state index in [2.05, 4.69) is 44.4 Å². The molecule has 19 heavy (non-hydrogen) atoms. The first-order valence-corrected chi connectivity index (χ1v) is 8.10. The third-order valence-corrected chi connectivity index (χ3v) is 5.25. The van der Waals surface area contributed by atoms with Gasteiger partial charge in [0.05, 0.1) is 22.1 Å². The van der Waals surface area contributed by atoms with Crippen molar-refractivity contribution in [3.63, 3.8) is 0 Å². The number of anilines is 1. The number of ether oxygens (including phenoxy) is 1. The molecule has 1 aromatic carbocycles. The number of para-hydroxylation sites is 1. The third kappa shape index (κ3) is 2.75. The molecule has 1 N–H and O–H groups in total. The van der Waals surface area contributed by atoms with Crippen LogP contribution in [0.4, 0.5) is 5.13 Å². The van der Waals surface area contributed by atoms with Crippen LogP contribution in [-0.4, -0.2) is 12.1 Å². The van der Waals surface area contributed by atoms with Crippen LogP contribution in [0.25, 0.3) is 10.2 Å². The maximum atomic E-state index is 5.32. The Labute approximate surface area is 127 Å². The van der Waals surface area contributed by atoms with Crippen LogP contribution in [-0.2, 0) is 6.54 Å². The maximum absolute atomic E-state index is 5.32. The molecule has 0 saturated heterocycles. The average Bonchev–Trinajstić information content (AvgIpc) is 3.01. The molecule has 0 unspecified atom stereocenters. The summed E-state index contributed by atoms with van der Waals surface area (Å²) in [5.41, 5.74) is 0.921. The number of hydrogen-bond acceptors (Lipinski definition) is 5. The van der Waals surface area contributed by atoms with E-state index in [1.165, 1.54) is 4.88 Å². The van der Waals surface area contributed by atoms with Gasteiger partial charge in [-0.1, -0.05) is 17.4 Å². The Hall–Kier alpha value is -1.11. The van der Waals surface area contributed by atoms with Crippen LogP contribution >= 0.6 is 38.6 Å². The molecule has 0 aliphatic heterocycles. The van der Waals surface area contributed by atoms with Crippen LogP contribution in [0.1, 0.15) is 4.88 Å². The summed E-state index contributed by atoms with van der Waals surface area (Å²) in [6.45, 7) is 0.790. The van der Waals surface area contributed by atoms with Gasteiger partial charge in [-0.3, -0.25) is 0 Å². The predicted molar refractivity (Wildman–Crippen MR) is 85.5 cm³/mol. The lowest BCUT2D eigenvalue weighted by molar-refractivity contribution is 0.419. The van der Waals surface area contributed by atoms with Crippen molar-refractivity contribution in [2.45, 2.75) is 6.54 Å². The SMILES string of the molecule is COc1cccc2sc(NCc3ccc(Br)s3)nc12. The van der Waals surface area contributed by atoms with Gasteiger partial charge in [0.25, 0.3) is 0 Å². The standard InChI is InChI=1S/C13H11BrN2OS2/c1-17-9-3-2-4-10-12(9)16-13(19-10)15-7-8-5-6-11(14)18-8/h2-6H,7H2,1H3,(H,15,16). The third-order valence-electron chi connectivity index (χ3n) is 2.64. The molecule has 3 aromatic rings. The fourth-order valence-electron chi connectivity index (χ4n) is 1.77. The van der Waals surface area contributed by atoms with Crippen molar-refractivity contribution in [3.05, 3.63) is 39.0 Å². The second kappa shape index (κ2) is 5.48. The lowest BCUT2D eigenvalue weighted by Crippen LogP contribution is -1.96. The highest BCUT2D eigenvalue weighted by Crippen LogP contribution is 2.32. The Kier molecular flexibility index (Phi) is 3.72. The molecule has 0 bridgehead atoms. The molecule has 0 radical (unpaired) electrons. The Morgan fingerprint density at radius 1 is 1.26 bits per heavy atom. The van der Waals surface area contributed by atoms with E-state index in [1.54, 1.807) is 29.8 Å². The highest BCUT2D eigenvalue weighted by atomic mass is 79.9. The second-order valence-electron chi connectivity index (χ2n) is 3.89. The fourth-order valence-corrected chi connectivity index (χ4v) is 4.08. The quantitative estimate of drug-likeness (QED) is 0.734. The Morgan fingerprint density at radius 3 is 2.89 bits per heavy atom. The number of aromatic nitrogens is 1. The molecular formula is C13H11BrN2OS2. The summed E-state index contributed by atoms with van der Waals surface area (Å²) in [6, 6.07) is 10.1. The Bertz CT molecular complexity index is 708. The van der Waals surface area contributed by atoms with Gasteiger partial charge in [0, 0.05) is 4.88 Å². The first-order chi connectivity index (χ1) is 9.26. The molecule has 3 rings (SSSR count). The van der Waals surface area contributed by atoms with Gasteiger partial charge in [0.15, 0.2) is 5.13 Å². The number of thiophene rings is 1. The minimum absolute atomic E-state index is 0.790. The topological polar surface area (TPSA) is 34.1 Å². The Morgan fingerprint density at radius 2 is 2.16 bits per heavy atom. The zero-order valence-corrected chi connectivity index (χ0v) is 13.4. The molecule has 0 aliphatic carbocycles. The summed E-state index contributed by atoms with van der Waals surface area (Å²) in [5.74, 6) is 0.820. The normalized spacial score (nSPS) is 10.8. The van der Waals surface area contributed by atoms with E-state index in [4.69, 9.17) is 4.74 Å². The molecule has 0 saturated carbocycles. The first kappa shape index (κ1) is 12.9. The van der Waals surface area contributed by atoms with E-state index in [-0.39, 0.29) is 0 Å². The van der Waals surface area contributed by atoms with Gasteiger partial charge in [0.2, 0.25) is 0 Å². The molecule has 0 amide bonds. The summed E-state index contributed by atoms with van der Waals surface area (Å²) in [5, 5.41) is 4.28. The van der Waals surface area contributed by atoms with Gasteiger partial charge < -0.3 is 10.1 Å². The van der Waals surface area contributed by atoms with E-state index in [0.29, 0.717) is 0 Å². The van der Waals surface area contributed by atoms with Gasteiger partial charge in [-0.05, 0) is 40.2 Å². The number of nitrogens with zero attached hydrogens (tertiary/aromatic N) is 1. The average molecular weight is 355 g/mol. The van der Waals surface area contributed by atoms with E-state index in [1.807, 2.05) is 12.1 Å². The van der Waals surface area contributed by atoms with E-state index in [9.17, 15) is 0 Å². The molecular weight excluding hydrogens is 344 g/mol. The Balaban J connectivity index is 1.81. The first-order valence-electron chi connectivity index (χ1n) is 5.68. The summed E-state index contributed by atoms with van der Waals surface area (Å²) < 4.78 is 7.60. The van der Waals surface area contributed by atoms with Crippen LogP contribution < -0.4 is 10.1 Å². The van der Waals surface area contributed by atoms with Crippen molar-refractivity contribution in [1.29, 1.82) is 0 Å². The molecule has 0 fully saturated rings. The van der Waals surface area contributed by atoms with Gasteiger partial charge in [-0.15, -0.1) is 11.3 Å². The predicted octanol–water partition coefficient (Wildman–Crippen LogP) is 4.74. The lowest BCUT2D eigenvalue weighted by Gasteiger charge is -1.99. The van der Waals surface area contributed by atoms with Crippen LogP contribution in [0.3, 0.4) is 0 Å². The van der Waals surface area contributed by atoms with Crippen molar-refractivity contribution in [1.82, 2.24) is 4.98 Å². The molecule has 2 aromatic heterocycles. The number of fused-ring (bicyclic) bond motifs is 1. The van der Waals surface area contributed by atoms with Crippen molar-refractivity contribution in [3.8, 4) is 5.75 Å². The molecule has 98 valence electrons. The van der Waals surface area contributed by atoms with Gasteiger partial charge in [-0.2, -0.15) is 0 Å². The number of nitrogens with one attached hydrogen (secondary N) is 1. The number of methoxy groups -OCH3 is 1. The van der Waals surface area contributed by atoms with Crippen molar-refractivity contribution < 1.29 is 4.74 Å². The van der Waals surface area contributed by atoms with Crippen LogP contribution in [0, 0.1) is 0 Å². The zero-order chi connectivity index (χ0) is 13.2. The number of thiazole rings is 1. The summed E-state index contributed by atoms with van der Waals surface area (Å²) in [6.07, 6.45) is 0. The number of halogens is 1. The van der Waals surface area contributed by atoms with E-state index >= 15 is 0 Å². The number of benzene rings is 1. The van der Waals surface area contributed by atoms with E-state index < -0.39 is 0 Å². The molecule has 0 atom stereocenters. The highest BCUT2D eigenvalue weighted by molar-refractivity contribution is 9.11. The molecule has 3 nitrogen and oxygen atoms in total. The molecule has 0 aliphatic rings. The number of hydrogen-bond donors (Lipinski definition) is 1. The lowest BCUT2D eigenvalue weighted by atomic mass is 10.3. The van der Waals surface area contributed by atoms with Crippen molar-refractivity contribution in [2.24, 2.45) is 0 Å². The fraction of sp³-hybridized carbons (Fsp3) is 0.154. The number of rotatable bonds is 4. The molecule has 6 heteroatoms. The maximum Gasteiger partial charge on any atom is 0.184 e. The van der Waals surface area contributed by atoms with Crippen molar-refractivity contribution in [2.75, 3.05) is 12.4 Å². The van der Waals surface area contributed by atoms with Crippen LogP contribution in [0.15, 0.2) is 34.1 Å². The summed E-state index contributed by atoms with van der Waals surface area (Å²) in [4.78, 5) is 5.86. The minimum Gasteiger partial charge on any atom is -0.494 e. The molecule has 2 heterocycles. The van der Waals surface area contributed by atoms with Gasteiger partial charge >= 0.3 is 0 Å². The highest BCUT2D eigenvalue weighted by Gasteiger charge is 2.08. The smallest absolute Gasteiger partial charge is 0.184 e. The monoisotopic (exact) mass is 354 g/mol. The summed E-state index contributed by atoms with van der Waals surface area (Å²) in [7, 11) is 1.67. The van der Waals surface area contributed by atoms with Gasteiger partial charge in [0.1, 0.15) is 11.3 Å². The van der Waals surface area contributed by atoms with Crippen molar-refractivity contribution >= 4 is 54.0 Å².